The van der Waals surface area contributed by atoms with Gasteiger partial charge >= 0.3 is 0 Å². The minimum atomic E-state index is 0.0985. The molecule has 0 fully saturated rings. The Balaban J connectivity index is 1.95. The van der Waals surface area contributed by atoms with Crippen LogP contribution in [0.5, 0.6) is 11.5 Å². The van der Waals surface area contributed by atoms with Crippen molar-refractivity contribution in [1.29, 1.82) is 0 Å². The zero-order valence-corrected chi connectivity index (χ0v) is 15.6. The smallest absolute Gasteiger partial charge is 0.250 e. The number of anilines is 3. The predicted molar refractivity (Wildman–Crippen MR) is 98.6 cm³/mol. The maximum Gasteiger partial charge on any atom is 0.250 e. The number of rotatable bonds is 1. The number of hydrogen-bond acceptors (Lipinski definition) is 4. The van der Waals surface area contributed by atoms with Gasteiger partial charge in [0, 0.05) is 12.1 Å². The summed E-state index contributed by atoms with van der Waals surface area (Å²) in [7, 11) is 0. The topological polar surface area (TPSA) is 38.8 Å². The van der Waals surface area contributed by atoms with Crippen LogP contribution in [0.4, 0.5) is 17.5 Å². The van der Waals surface area contributed by atoms with E-state index in [-0.39, 0.29) is 5.41 Å². The second-order valence-corrected chi connectivity index (χ2v) is 7.76. The summed E-state index contributed by atoms with van der Waals surface area (Å²) in [5, 5.41) is 0. The average molecular weight is 337 g/mol. The Hall–Kier alpha value is -2.62. The van der Waals surface area contributed by atoms with Gasteiger partial charge in [-0.15, -0.1) is 0 Å². The van der Waals surface area contributed by atoms with Crippen LogP contribution in [0, 0.1) is 20.8 Å². The molecule has 0 spiro atoms. The molecule has 1 aliphatic rings. The lowest BCUT2D eigenvalue weighted by molar-refractivity contribution is 0.435. The number of aryl methyl sites for hydroxylation is 3. The molecule has 3 heterocycles. The first kappa shape index (κ1) is 15.9. The van der Waals surface area contributed by atoms with Gasteiger partial charge < -0.3 is 13.6 Å². The highest BCUT2D eigenvalue weighted by molar-refractivity contribution is 5.83. The van der Waals surface area contributed by atoms with Crippen LogP contribution in [0.25, 0.3) is 0 Å². The Bertz CT molecular complexity index is 933. The van der Waals surface area contributed by atoms with Gasteiger partial charge in [0.25, 0.3) is 11.8 Å². The maximum atomic E-state index is 5.95. The summed E-state index contributed by atoms with van der Waals surface area (Å²) in [5.74, 6) is 3.53. The molecule has 0 amide bonds. The number of nitrogens with zero attached hydrogens (tertiary/aromatic N) is 1. The fraction of sp³-hybridized carbons (Fsp3) is 0.333. The van der Waals surface area contributed by atoms with Crippen molar-refractivity contribution in [2.75, 3.05) is 4.90 Å². The van der Waals surface area contributed by atoms with Crippen molar-refractivity contribution in [3.63, 3.8) is 0 Å². The molecule has 1 aromatic carbocycles. The van der Waals surface area contributed by atoms with Crippen LogP contribution in [0.15, 0.2) is 39.4 Å². The van der Waals surface area contributed by atoms with Crippen LogP contribution < -0.4 is 9.64 Å². The number of fused-ring (bicyclic) bond motifs is 2. The van der Waals surface area contributed by atoms with Crippen molar-refractivity contribution < 1.29 is 13.6 Å². The van der Waals surface area contributed by atoms with E-state index in [0.29, 0.717) is 23.3 Å². The molecule has 0 aliphatic carbocycles. The molecule has 0 saturated heterocycles. The highest BCUT2D eigenvalue weighted by Gasteiger charge is 2.34. The van der Waals surface area contributed by atoms with Crippen LogP contribution in [-0.2, 0) is 5.41 Å². The van der Waals surface area contributed by atoms with E-state index in [4.69, 9.17) is 13.6 Å². The first-order valence-electron chi connectivity index (χ1n) is 8.53. The Morgan fingerprint density at radius 3 is 2.20 bits per heavy atom. The molecule has 0 radical (unpaired) electrons. The predicted octanol–water partition coefficient (Wildman–Crippen LogP) is 6.67. The Morgan fingerprint density at radius 2 is 1.56 bits per heavy atom. The van der Waals surface area contributed by atoms with Gasteiger partial charge in [-0.05, 0) is 42.9 Å². The van der Waals surface area contributed by atoms with E-state index >= 15 is 0 Å². The maximum absolute atomic E-state index is 5.95. The van der Waals surface area contributed by atoms with Crippen molar-refractivity contribution in [2.45, 2.75) is 47.0 Å². The fourth-order valence-corrected chi connectivity index (χ4v) is 3.39. The second-order valence-electron chi connectivity index (χ2n) is 7.76. The van der Waals surface area contributed by atoms with Gasteiger partial charge in [-0.1, -0.05) is 32.9 Å². The standard InChI is InChI=1S/C21H23NO3/c1-12-9-15(21(4,5)6)10-13(2)18(12)22-19-16(7-8-23-19)25-17-11-14(3)24-20(17)22/h7-11H,1-6H3. The molecule has 0 unspecified atom stereocenters. The van der Waals surface area contributed by atoms with E-state index < -0.39 is 0 Å². The minimum absolute atomic E-state index is 0.0985. The Labute approximate surface area is 148 Å². The Morgan fingerprint density at radius 1 is 0.880 bits per heavy atom. The van der Waals surface area contributed by atoms with Crippen molar-refractivity contribution in [3.8, 4) is 11.5 Å². The van der Waals surface area contributed by atoms with Crippen molar-refractivity contribution in [1.82, 2.24) is 0 Å². The molecule has 4 rings (SSSR count). The molecule has 1 aliphatic heterocycles. The lowest BCUT2D eigenvalue weighted by Crippen LogP contribution is -2.18. The minimum Gasteiger partial charge on any atom is -0.446 e. The van der Waals surface area contributed by atoms with E-state index in [1.54, 1.807) is 6.26 Å². The highest BCUT2D eigenvalue weighted by Crippen LogP contribution is 2.53. The molecule has 0 bridgehead atoms. The first-order chi connectivity index (χ1) is 11.8. The van der Waals surface area contributed by atoms with E-state index in [9.17, 15) is 0 Å². The van der Waals surface area contributed by atoms with Crippen molar-refractivity contribution >= 4 is 17.5 Å². The summed E-state index contributed by atoms with van der Waals surface area (Å²) in [6, 6.07) is 8.24. The molecule has 0 atom stereocenters. The largest absolute Gasteiger partial charge is 0.446 e. The van der Waals surface area contributed by atoms with Gasteiger partial charge in [0.1, 0.15) is 5.76 Å². The first-order valence-corrected chi connectivity index (χ1v) is 8.53. The van der Waals surface area contributed by atoms with Crippen LogP contribution in [-0.4, -0.2) is 0 Å². The van der Waals surface area contributed by atoms with Crippen LogP contribution in [0.2, 0.25) is 0 Å². The summed E-state index contributed by atoms with van der Waals surface area (Å²) < 4.78 is 17.6. The van der Waals surface area contributed by atoms with Gasteiger partial charge in [0.15, 0.2) is 11.5 Å². The number of benzene rings is 1. The van der Waals surface area contributed by atoms with Crippen molar-refractivity contribution in [3.05, 3.63) is 53.0 Å². The molecular formula is C21H23NO3. The lowest BCUT2D eigenvalue weighted by atomic mass is 9.84. The highest BCUT2D eigenvalue weighted by atomic mass is 16.5. The van der Waals surface area contributed by atoms with Gasteiger partial charge in [-0.2, -0.15) is 0 Å². The normalized spacial score (nSPS) is 13.4. The van der Waals surface area contributed by atoms with Gasteiger partial charge in [0.05, 0.1) is 12.0 Å². The SMILES string of the molecule is Cc1cc2c(o1)N(c1c(C)cc(C(C)(C)C)cc1C)c1occc1O2. The van der Waals surface area contributed by atoms with E-state index in [2.05, 4.69) is 46.8 Å². The van der Waals surface area contributed by atoms with Gasteiger partial charge in [-0.3, -0.25) is 0 Å². The molecule has 25 heavy (non-hydrogen) atoms. The third-order valence-corrected chi connectivity index (χ3v) is 4.62. The number of ether oxygens (including phenoxy) is 1. The molecule has 3 aromatic rings. The number of hydrogen-bond donors (Lipinski definition) is 0. The van der Waals surface area contributed by atoms with E-state index in [0.717, 1.165) is 11.4 Å². The molecule has 0 N–H and O–H groups in total. The van der Waals surface area contributed by atoms with E-state index in [1.807, 2.05) is 24.0 Å². The quantitative estimate of drug-likeness (QED) is 0.389. The van der Waals surface area contributed by atoms with Crippen LogP contribution >= 0.6 is 0 Å². The summed E-state index contributed by atoms with van der Waals surface area (Å²) in [6.45, 7) is 12.9. The monoisotopic (exact) mass is 337 g/mol. The molecule has 0 saturated carbocycles. The van der Waals surface area contributed by atoms with Crippen LogP contribution in [0.3, 0.4) is 0 Å². The lowest BCUT2D eigenvalue weighted by Gasteiger charge is -2.29. The summed E-state index contributed by atoms with van der Waals surface area (Å²) in [6.07, 6.45) is 1.64. The molecular weight excluding hydrogens is 314 g/mol. The summed E-state index contributed by atoms with van der Waals surface area (Å²) >= 11 is 0. The van der Waals surface area contributed by atoms with Gasteiger partial charge in [0.2, 0.25) is 0 Å². The van der Waals surface area contributed by atoms with E-state index in [1.165, 1.54) is 16.7 Å². The zero-order valence-electron chi connectivity index (χ0n) is 15.6. The second kappa shape index (κ2) is 5.19. The Kier molecular flexibility index (Phi) is 3.29. The average Bonchev–Trinajstić information content (AvgIpc) is 3.09. The summed E-state index contributed by atoms with van der Waals surface area (Å²) in [5.41, 5.74) is 4.84. The fourth-order valence-electron chi connectivity index (χ4n) is 3.39. The molecule has 2 aromatic heterocycles. The van der Waals surface area contributed by atoms with Crippen LogP contribution in [0.1, 0.15) is 43.2 Å². The third kappa shape index (κ3) is 2.44. The molecule has 4 heteroatoms. The number of furan rings is 2. The van der Waals surface area contributed by atoms with Gasteiger partial charge in [-0.25, -0.2) is 4.90 Å². The molecule has 4 nitrogen and oxygen atoms in total. The third-order valence-electron chi connectivity index (χ3n) is 4.62. The summed E-state index contributed by atoms with van der Waals surface area (Å²) in [4.78, 5) is 2.03. The van der Waals surface area contributed by atoms with Crippen molar-refractivity contribution in [2.24, 2.45) is 0 Å². The molecule has 130 valence electrons. The zero-order chi connectivity index (χ0) is 17.9.